The topological polar surface area (TPSA) is 96.0 Å². The summed E-state index contributed by atoms with van der Waals surface area (Å²) in [5, 5.41) is 2.63. The minimum absolute atomic E-state index is 0.0948. The highest BCUT2D eigenvalue weighted by molar-refractivity contribution is 6.32. The molecule has 8 nitrogen and oxygen atoms in total. The fraction of sp³-hybridized carbons (Fsp3) is 0.235. The third-order valence-electron chi connectivity index (χ3n) is 3.29. The van der Waals surface area contributed by atoms with Crippen molar-refractivity contribution in [3.05, 3.63) is 41.2 Å². The normalized spacial score (nSPS) is 10.0. The van der Waals surface area contributed by atoms with Gasteiger partial charge in [-0.3, -0.25) is 4.79 Å². The van der Waals surface area contributed by atoms with Crippen molar-refractivity contribution < 1.29 is 28.5 Å². The van der Waals surface area contributed by atoms with Gasteiger partial charge in [-0.15, -0.1) is 0 Å². The second-order valence-electron chi connectivity index (χ2n) is 4.85. The maximum atomic E-state index is 12.3. The van der Waals surface area contributed by atoms with Gasteiger partial charge in [-0.05, 0) is 24.3 Å². The number of pyridine rings is 1. The lowest BCUT2D eigenvalue weighted by atomic mass is 10.1. The Bertz CT molecular complexity index is 812. The van der Waals surface area contributed by atoms with E-state index < -0.39 is 18.5 Å². The Kier molecular flexibility index (Phi) is 6.62. The smallest absolute Gasteiger partial charge is 0.342 e. The first kappa shape index (κ1) is 19.3. The molecule has 0 saturated carbocycles. The standard InChI is InChI=1S/C17H17ClN2O6/c1-23-12-7-6-10(14(24-2)15(12)25-3)17(22)26-9-13(21)20-11-5-4-8-19-16(11)18/h4-8H,9H2,1-3H3,(H,20,21). The van der Waals surface area contributed by atoms with Crippen molar-refractivity contribution in [3.8, 4) is 17.2 Å². The van der Waals surface area contributed by atoms with Gasteiger partial charge in [-0.25, -0.2) is 9.78 Å². The Hall–Kier alpha value is -3.00. The second kappa shape index (κ2) is 8.91. The van der Waals surface area contributed by atoms with E-state index in [1.807, 2.05) is 0 Å². The van der Waals surface area contributed by atoms with Crippen molar-refractivity contribution in [2.45, 2.75) is 0 Å². The molecule has 0 unspecified atom stereocenters. The van der Waals surface area contributed by atoms with Gasteiger partial charge in [0.1, 0.15) is 5.56 Å². The molecule has 0 radical (unpaired) electrons. The van der Waals surface area contributed by atoms with Gasteiger partial charge >= 0.3 is 5.97 Å². The highest BCUT2D eigenvalue weighted by atomic mass is 35.5. The second-order valence-corrected chi connectivity index (χ2v) is 5.21. The number of aromatic nitrogens is 1. The third-order valence-corrected chi connectivity index (χ3v) is 3.59. The van der Waals surface area contributed by atoms with E-state index in [2.05, 4.69) is 10.3 Å². The fourth-order valence-corrected chi connectivity index (χ4v) is 2.30. The van der Waals surface area contributed by atoms with Crippen LogP contribution in [0.3, 0.4) is 0 Å². The van der Waals surface area contributed by atoms with Crippen LogP contribution in [0.15, 0.2) is 30.5 Å². The number of esters is 1. The molecule has 0 spiro atoms. The number of carbonyl (C=O) groups excluding carboxylic acids is 2. The minimum Gasteiger partial charge on any atom is -0.493 e. The molecule has 0 atom stereocenters. The number of methoxy groups -OCH3 is 3. The van der Waals surface area contributed by atoms with Gasteiger partial charge in [-0.1, -0.05) is 11.6 Å². The van der Waals surface area contributed by atoms with E-state index in [4.69, 9.17) is 30.5 Å². The third kappa shape index (κ3) is 4.34. The molecule has 2 aromatic rings. The molecule has 0 fully saturated rings. The van der Waals surface area contributed by atoms with Gasteiger partial charge in [0.05, 0.1) is 27.0 Å². The van der Waals surface area contributed by atoms with Gasteiger partial charge in [0.2, 0.25) is 5.75 Å². The molecular formula is C17H17ClN2O6. The summed E-state index contributed by atoms with van der Waals surface area (Å²) < 4.78 is 20.6. The van der Waals surface area contributed by atoms with Crippen LogP contribution in [-0.2, 0) is 9.53 Å². The Balaban J connectivity index is 2.08. The summed E-state index contributed by atoms with van der Waals surface area (Å²) in [4.78, 5) is 28.1. The zero-order valence-electron chi connectivity index (χ0n) is 14.4. The number of hydrogen-bond acceptors (Lipinski definition) is 7. The number of nitrogens with one attached hydrogen (secondary N) is 1. The monoisotopic (exact) mass is 380 g/mol. The predicted octanol–water partition coefficient (Wildman–Crippen LogP) is 2.56. The minimum atomic E-state index is -0.754. The lowest BCUT2D eigenvalue weighted by molar-refractivity contribution is -0.119. The van der Waals surface area contributed by atoms with Crippen LogP contribution >= 0.6 is 11.6 Å². The number of carbonyl (C=O) groups is 2. The van der Waals surface area contributed by atoms with Crippen LogP contribution in [-0.4, -0.2) is 44.8 Å². The summed E-state index contributed by atoms with van der Waals surface area (Å²) in [6.07, 6.45) is 1.49. The molecule has 0 aliphatic rings. The van der Waals surface area contributed by atoms with Gasteiger partial charge in [0.15, 0.2) is 23.3 Å². The molecule has 1 N–H and O–H groups in total. The average Bonchev–Trinajstić information content (AvgIpc) is 2.66. The summed E-state index contributed by atoms with van der Waals surface area (Å²) in [6, 6.07) is 6.18. The molecule has 1 aromatic carbocycles. The molecule has 0 saturated heterocycles. The summed E-state index contributed by atoms with van der Waals surface area (Å²) in [5.74, 6) is -0.531. The largest absolute Gasteiger partial charge is 0.493 e. The van der Waals surface area contributed by atoms with Crippen molar-refractivity contribution in [1.82, 2.24) is 4.98 Å². The van der Waals surface area contributed by atoms with E-state index in [0.717, 1.165) is 0 Å². The molecule has 1 amide bonds. The molecule has 1 aromatic heterocycles. The SMILES string of the molecule is COc1ccc(C(=O)OCC(=O)Nc2cccnc2Cl)c(OC)c1OC. The maximum Gasteiger partial charge on any atom is 0.342 e. The molecule has 0 bridgehead atoms. The molecule has 1 heterocycles. The summed E-state index contributed by atoms with van der Waals surface area (Å²) in [7, 11) is 4.26. The van der Waals surface area contributed by atoms with E-state index in [0.29, 0.717) is 11.4 Å². The van der Waals surface area contributed by atoms with Crippen molar-refractivity contribution in [3.63, 3.8) is 0 Å². The first-order valence-corrected chi connectivity index (χ1v) is 7.76. The number of amides is 1. The van der Waals surface area contributed by atoms with Gasteiger partial charge in [0.25, 0.3) is 5.91 Å². The number of anilines is 1. The number of nitrogens with zero attached hydrogens (tertiary/aromatic N) is 1. The van der Waals surface area contributed by atoms with E-state index in [-0.39, 0.29) is 22.2 Å². The van der Waals surface area contributed by atoms with Gasteiger partial charge < -0.3 is 24.3 Å². The van der Waals surface area contributed by atoms with Crippen LogP contribution in [0.1, 0.15) is 10.4 Å². The van der Waals surface area contributed by atoms with Crippen LogP contribution in [0.5, 0.6) is 17.2 Å². The number of benzene rings is 1. The quantitative estimate of drug-likeness (QED) is 0.582. The number of halogens is 1. The molecular weight excluding hydrogens is 364 g/mol. The molecule has 2 rings (SSSR count). The summed E-state index contributed by atoms with van der Waals surface area (Å²) in [6.45, 7) is -0.512. The molecule has 138 valence electrons. The first-order valence-electron chi connectivity index (χ1n) is 7.38. The van der Waals surface area contributed by atoms with E-state index in [1.165, 1.54) is 39.7 Å². The van der Waals surface area contributed by atoms with Crippen LogP contribution in [0, 0.1) is 0 Å². The highest BCUT2D eigenvalue weighted by Gasteiger charge is 2.22. The van der Waals surface area contributed by atoms with Crippen molar-refractivity contribution in [1.29, 1.82) is 0 Å². The molecule has 9 heteroatoms. The van der Waals surface area contributed by atoms with E-state index in [1.54, 1.807) is 12.1 Å². The highest BCUT2D eigenvalue weighted by Crippen LogP contribution is 2.39. The molecule has 26 heavy (non-hydrogen) atoms. The summed E-state index contributed by atoms with van der Waals surface area (Å²) >= 11 is 5.85. The van der Waals surface area contributed by atoms with Gasteiger partial charge in [-0.2, -0.15) is 0 Å². The van der Waals surface area contributed by atoms with Crippen molar-refractivity contribution in [2.24, 2.45) is 0 Å². The van der Waals surface area contributed by atoms with Crippen molar-refractivity contribution >= 4 is 29.2 Å². The molecule has 0 aliphatic heterocycles. The fourth-order valence-electron chi connectivity index (χ4n) is 2.14. The van der Waals surface area contributed by atoms with Gasteiger partial charge in [0, 0.05) is 6.20 Å². The van der Waals surface area contributed by atoms with Crippen LogP contribution in [0.25, 0.3) is 0 Å². The Morgan fingerprint density at radius 2 is 1.81 bits per heavy atom. The van der Waals surface area contributed by atoms with E-state index >= 15 is 0 Å². The predicted molar refractivity (Wildman–Crippen MR) is 94.3 cm³/mol. The Morgan fingerprint density at radius 1 is 1.08 bits per heavy atom. The Morgan fingerprint density at radius 3 is 2.42 bits per heavy atom. The average molecular weight is 381 g/mol. The number of rotatable bonds is 7. The molecule has 0 aliphatic carbocycles. The first-order chi connectivity index (χ1) is 12.5. The number of ether oxygens (including phenoxy) is 4. The van der Waals surface area contributed by atoms with Crippen LogP contribution in [0.4, 0.5) is 5.69 Å². The Labute approximate surface area is 155 Å². The van der Waals surface area contributed by atoms with Crippen LogP contribution < -0.4 is 19.5 Å². The van der Waals surface area contributed by atoms with E-state index in [9.17, 15) is 9.59 Å². The lowest BCUT2D eigenvalue weighted by Gasteiger charge is -2.15. The van der Waals surface area contributed by atoms with Crippen LogP contribution in [0.2, 0.25) is 5.15 Å². The summed E-state index contributed by atoms with van der Waals surface area (Å²) in [5.41, 5.74) is 0.413. The van der Waals surface area contributed by atoms with Crippen molar-refractivity contribution in [2.75, 3.05) is 33.3 Å². The lowest BCUT2D eigenvalue weighted by Crippen LogP contribution is -2.21. The zero-order valence-corrected chi connectivity index (χ0v) is 15.1. The maximum absolute atomic E-state index is 12.3. The zero-order chi connectivity index (χ0) is 19.1. The number of hydrogen-bond donors (Lipinski definition) is 1.